The van der Waals surface area contributed by atoms with Gasteiger partial charge in [-0.15, -0.1) is 0 Å². The molecule has 0 saturated heterocycles. The lowest BCUT2D eigenvalue weighted by molar-refractivity contribution is 0.669. The molecular formula is C64H38N4O. The summed E-state index contributed by atoms with van der Waals surface area (Å²) < 4.78 is 8.79. The van der Waals surface area contributed by atoms with E-state index in [1.165, 1.54) is 55.3 Å². The molecule has 0 fully saturated rings. The van der Waals surface area contributed by atoms with E-state index < -0.39 is 5.41 Å². The monoisotopic (exact) mass is 878 g/mol. The van der Waals surface area contributed by atoms with Crippen LogP contribution in [0.15, 0.2) is 235 Å². The first-order valence-electron chi connectivity index (χ1n) is 23.5. The molecule has 2 aliphatic carbocycles. The fraction of sp³-hybridized carbons (Fsp3) is 0.0156. The van der Waals surface area contributed by atoms with Gasteiger partial charge in [0.15, 0.2) is 17.5 Å². The van der Waals surface area contributed by atoms with Crippen molar-refractivity contribution < 1.29 is 4.42 Å². The van der Waals surface area contributed by atoms with Gasteiger partial charge in [0, 0.05) is 43.9 Å². The quantitative estimate of drug-likeness (QED) is 0.173. The Balaban J connectivity index is 0.932. The summed E-state index contributed by atoms with van der Waals surface area (Å²) in [5.41, 5.74) is 19.9. The molecule has 0 radical (unpaired) electrons. The summed E-state index contributed by atoms with van der Waals surface area (Å²) in [4.78, 5) is 15.7. The van der Waals surface area contributed by atoms with Gasteiger partial charge < -0.3 is 8.98 Å². The van der Waals surface area contributed by atoms with E-state index in [0.717, 1.165) is 66.5 Å². The van der Waals surface area contributed by atoms with Crippen LogP contribution in [0.3, 0.4) is 0 Å². The first-order chi connectivity index (χ1) is 34.2. The van der Waals surface area contributed by atoms with E-state index in [0.29, 0.717) is 17.5 Å². The summed E-state index contributed by atoms with van der Waals surface area (Å²) in [7, 11) is 0. The normalized spacial score (nSPS) is 13.0. The van der Waals surface area contributed by atoms with Crippen molar-refractivity contribution in [3.63, 3.8) is 0 Å². The van der Waals surface area contributed by atoms with Crippen LogP contribution in [0.25, 0.3) is 117 Å². The SMILES string of the molecule is c1ccc(-c2cccc(-c3nc(-c4cccc(-n5c6ccccc6c6cc7c(cc65)-c5ccccc5C75c6ccccc6-c6ccccc65)c4)nc(-c4ccc5c(c4)oc4ccccc45)n3)c2)cc1. The number of rotatable bonds is 5. The van der Waals surface area contributed by atoms with Gasteiger partial charge >= 0.3 is 0 Å². The topological polar surface area (TPSA) is 56.7 Å². The van der Waals surface area contributed by atoms with Gasteiger partial charge in [0.25, 0.3) is 0 Å². The second-order valence-electron chi connectivity index (χ2n) is 18.3. The molecule has 0 bridgehead atoms. The number of nitrogens with zero attached hydrogens (tertiary/aromatic N) is 4. The maximum Gasteiger partial charge on any atom is 0.164 e. The molecule has 0 saturated carbocycles. The maximum absolute atomic E-state index is 6.37. The van der Waals surface area contributed by atoms with E-state index in [4.69, 9.17) is 19.4 Å². The van der Waals surface area contributed by atoms with E-state index in [2.05, 4.69) is 211 Å². The molecule has 15 rings (SSSR count). The molecule has 1 spiro atoms. The Bertz CT molecular complexity index is 4230. The number of hydrogen-bond acceptors (Lipinski definition) is 4. The Kier molecular flexibility index (Phi) is 7.93. The van der Waals surface area contributed by atoms with Crippen LogP contribution in [0.4, 0.5) is 0 Å². The number of benzene rings is 10. The Morgan fingerprint density at radius 3 is 1.57 bits per heavy atom. The van der Waals surface area contributed by atoms with Crippen LogP contribution >= 0.6 is 0 Å². The highest BCUT2D eigenvalue weighted by Crippen LogP contribution is 2.63. The minimum absolute atomic E-state index is 0.430. The van der Waals surface area contributed by atoms with Crippen LogP contribution in [-0.2, 0) is 5.41 Å². The van der Waals surface area contributed by atoms with Gasteiger partial charge in [-0.25, -0.2) is 15.0 Å². The predicted octanol–water partition coefficient (Wildman–Crippen LogP) is 15.9. The zero-order valence-corrected chi connectivity index (χ0v) is 37.1. The average Bonchev–Trinajstić information content (AvgIpc) is 4.14. The lowest BCUT2D eigenvalue weighted by Gasteiger charge is -2.30. The minimum atomic E-state index is -0.430. The molecule has 3 heterocycles. The predicted molar refractivity (Wildman–Crippen MR) is 279 cm³/mol. The molecule has 0 unspecified atom stereocenters. The van der Waals surface area contributed by atoms with Crippen LogP contribution in [0, 0.1) is 0 Å². The zero-order chi connectivity index (χ0) is 45.2. The van der Waals surface area contributed by atoms with Crippen LogP contribution < -0.4 is 0 Å². The first kappa shape index (κ1) is 38.0. The van der Waals surface area contributed by atoms with Crippen molar-refractivity contribution in [1.82, 2.24) is 19.5 Å². The van der Waals surface area contributed by atoms with Gasteiger partial charge in [0.2, 0.25) is 0 Å². The molecule has 3 aromatic heterocycles. The van der Waals surface area contributed by atoms with Crippen LogP contribution in [0.2, 0.25) is 0 Å². The molecule has 320 valence electrons. The van der Waals surface area contributed by atoms with Gasteiger partial charge in [-0.2, -0.15) is 0 Å². The van der Waals surface area contributed by atoms with Crippen molar-refractivity contribution in [2.75, 3.05) is 0 Å². The number of furan rings is 1. The van der Waals surface area contributed by atoms with E-state index in [1.54, 1.807) is 0 Å². The van der Waals surface area contributed by atoms with E-state index in [9.17, 15) is 0 Å². The highest BCUT2D eigenvalue weighted by atomic mass is 16.3. The molecule has 10 aromatic carbocycles. The highest BCUT2D eigenvalue weighted by molar-refractivity contribution is 6.12. The summed E-state index contributed by atoms with van der Waals surface area (Å²) in [6.45, 7) is 0. The van der Waals surface area contributed by atoms with E-state index in [-0.39, 0.29) is 0 Å². The Morgan fingerprint density at radius 2 is 0.841 bits per heavy atom. The Hall–Kier alpha value is -9.19. The third kappa shape index (κ3) is 5.44. The molecule has 5 nitrogen and oxygen atoms in total. The zero-order valence-electron chi connectivity index (χ0n) is 37.1. The van der Waals surface area contributed by atoms with Crippen molar-refractivity contribution in [3.05, 3.63) is 253 Å². The third-order valence-corrected chi connectivity index (χ3v) is 14.7. The average molecular weight is 879 g/mol. The number of para-hydroxylation sites is 2. The molecule has 0 amide bonds. The minimum Gasteiger partial charge on any atom is -0.456 e. The fourth-order valence-electron chi connectivity index (χ4n) is 11.7. The van der Waals surface area contributed by atoms with Crippen molar-refractivity contribution in [2.24, 2.45) is 0 Å². The number of aromatic nitrogens is 4. The fourth-order valence-corrected chi connectivity index (χ4v) is 11.7. The van der Waals surface area contributed by atoms with Gasteiger partial charge in [-0.3, -0.25) is 0 Å². The molecule has 69 heavy (non-hydrogen) atoms. The third-order valence-electron chi connectivity index (χ3n) is 14.7. The second kappa shape index (κ2) is 14.4. The molecule has 13 aromatic rings. The number of hydrogen-bond donors (Lipinski definition) is 0. The molecule has 0 aliphatic heterocycles. The number of fused-ring (bicyclic) bond motifs is 16. The maximum atomic E-state index is 6.37. The lowest BCUT2D eigenvalue weighted by Crippen LogP contribution is -2.25. The largest absolute Gasteiger partial charge is 0.456 e. The summed E-state index contributed by atoms with van der Waals surface area (Å²) in [5, 5.41) is 4.56. The highest BCUT2D eigenvalue weighted by Gasteiger charge is 2.51. The van der Waals surface area contributed by atoms with Gasteiger partial charge in [0.05, 0.1) is 16.4 Å². The second-order valence-corrected chi connectivity index (χ2v) is 18.3. The lowest BCUT2D eigenvalue weighted by atomic mass is 9.70. The first-order valence-corrected chi connectivity index (χ1v) is 23.5. The smallest absolute Gasteiger partial charge is 0.164 e. The Labute approximate surface area is 397 Å². The van der Waals surface area contributed by atoms with Crippen molar-refractivity contribution >= 4 is 43.7 Å². The molecular weight excluding hydrogens is 841 g/mol. The molecule has 5 heteroatoms. The van der Waals surface area contributed by atoms with E-state index >= 15 is 0 Å². The molecule has 0 atom stereocenters. The Morgan fingerprint density at radius 1 is 0.304 bits per heavy atom. The molecule has 0 N–H and O–H groups in total. The summed E-state index contributed by atoms with van der Waals surface area (Å²) in [6, 6.07) is 82.7. The van der Waals surface area contributed by atoms with Gasteiger partial charge in [0.1, 0.15) is 11.2 Å². The van der Waals surface area contributed by atoms with Gasteiger partial charge in [-0.05, 0) is 110 Å². The van der Waals surface area contributed by atoms with E-state index in [1.807, 2.05) is 24.3 Å². The van der Waals surface area contributed by atoms with Gasteiger partial charge in [-0.1, -0.05) is 176 Å². The van der Waals surface area contributed by atoms with Crippen molar-refractivity contribution in [2.45, 2.75) is 5.41 Å². The van der Waals surface area contributed by atoms with Crippen molar-refractivity contribution in [3.8, 4) is 73.2 Å². The van der Waals surface area contributed by atoms with Crippen molar-refractivity contribution in [1.29, 1.82) is 0 Å². The van der Waals surface area contributed by atoms with Crippen LogP contribution in [-0.4, -0.2) is 19.5 Å². The van der Waals surface area contributed by atoms with Crippen LogP contribution in [0.1, 0.15) is 22.3 Å². The summed E-state index contributed by atoms with van der Waals surface area (Å²) >= 11 is 0. The molecule has 2 aliphatic rings. The summed E-state index contributed by atoms with van der Waals surface area (Å²) in [6.07, 6.45) is 0. The summed E-state index contributed by atoms with van der Waals surface area (Å²) in [5.74, 6) is 1.75. The standard InChI is InChI=1S/C64H38N4O/c1-2-16-39(17-3-1)40-18-14-19-41(34-40)61-65-62(67-63(66-61)43-32-33-50-49-26-8-13-31-59(49)69-60(50)36-43)42-20-15-21-44(35-42)68-57-30-12-7-25-48(57)52-37-56-51(38-58(52)68)47-24-6-11-29-55(47)64(56)53-27-9-4-22-45(53)46-23-5-10-28-54(46)64/h1-38H. The van der Waals surface area contributed by atoms with Crippen LogP contribution in [0.5, 0.6) is 0 Å².